The van der Waals surface area contributed by atoms with Crippen LogP contribution in [-0.2, 0) is 13.6 Å². The Morgan fingerprint density at radius 1 is 1.39 bits per heavy atom. The van der Waals surface area contributed by atoms with Crippen LogP contribution in [0.4, 0.5) is 4.39 Å². The van der Waals surface area contributed by atoms with Gasteiger partial charge < -0.3 is 5.32 Å². The summed E-state index contributed by atoms with van der Waals surface area (Å²) in [6.07, 6.45) is 0. The van der Waals surface area contributed by atoms with E-state index in [0.717, 1.165) is 16.3 Å². The summed E-state index contributed by atoms with van der Waals surface area (Å²) < 4.78 is 15.7. The van der Waals surface area contributed by atoms with Gasteiger partial charge in [-0.2, -0.15) is 5.10 Å². The quantitative estimate of drug-likeness (QED) is 0.922. The van der Waals surface area contributed by atoms with Crippen LogP contribution in [0, 0.1) is 12.7 Å². The molecule has 1 aromatic carbocycles. The first-order chi connectivity index (χ1) is 8.60. The summed E-state index contributed by atoms with van der Waals surface area (Å²) in [7, 11) is 3.71. The van der Waals surface area contributed by atoms with Gasteiger partial charge in [0.25, 0.3) is 0 Å². The topological polar surface area (TPSA) is 29.9 Å². The fourth-order valence-corrected chi connectivity index (χ4v) is 2.66. The second kappa shape index (κ2) is 5.54. The van der Waals surface area contributed by atoms with Gasteiger partial charge in [0.1, 0.15) is 5.82 Å². The van der Waals surface area contributed by atoms with Crippen LogP contribution in [0.5, 0.6) is 0 Å². The largest absolute Gasteiger partial charge is 0.316 e. The third kappa shape index (κ3) is 2.91. The van der Waals surface area contributed by atoms with Gasteiger partial charge in [0.05, 0.1) is 10.7 Å². The van der Waals surface area contributed by atoms with Crippen LogP contribution in [0.15, 0.2) is 34.2 Å². The molecule has 0 bridgehead atoms. The van der Waals surface area contributed by atoms with E-state index in [2.05, 4.69) is 10.4 Å². The smallest absolute Gasteiger partial charge is 0.137 e. The number of nitrogens with zero attached hydrogens (tertiary/aromatic N) is 2. The van der Waals surface area contributed by atoms with Gasteiger partial charge in [-0.15, -0.1) is 0 Å². The van der Waals surface area contributed by atoms with E-state index in [0.29, 0.717) is 11.4 Å². The summed E-state index contributed by atoms with van der Waals surface area (Å²) in [6.45, 7) is 2.60. The highest BCUT2D eigenvalue weighted by Gasteiger charge is 2.09. The van der Waals surface area contributed by atoms with Crippen molar-refractivity contribution in [3.63, 3.8) is 0 Å². The molecule has 18 heavy (non-hydrogen) atoms. The van der Waals surface area contributed by atoms with Crippen LogP contribution in [0.2, 0.25) is 0 Å². The second-order valence-corrected chi connectivity index (χ2v) is 5.21. The van der Waals surface area contributed by atoms with E-state index in [4.69, 9.17) is 0 Å². The molecule has 2 aromatic rings. The summed E-state index contributed by atoms with van der Waals surface area (Å²) in [4.78, 5) is 0.623. The summed E-state index contributed by atoms with van der Waals surface area (Å²) >= 11 is 1.39. The van der Waals surface area contributed by atoms with Crippen molar-refractivity contribution in [1.29, 1.82) is 0 Å². The highest BCUT2D eigenvalue weighted by Crippen LogP contribution is 2.30. The minimum atomic E-state index is -0.188. The van der Waals surface area contributed by atoms with Gasteiger partial charge in [0, 0.05) is 18.5 Å². The number of aryl methyl sites for hydroxylation is 2. The lowest BCUT2D eigenvalue weighted by molar-refractivity contribution is 0.597. The van der Waals surface area contributed by atoms with Gasteiger partial charge in [0.2, 0.25) is 0 Å². The van der Waals surface area contributed by atoms with Crippen molar-refractivity contribution in [2.24, 2.45) is 7.05 Å². The van der Waals surface area contributed by atoms with E-state index >= 15 is 0 Å². The Morgan fingerprint density at radius 2 is 2.17 bits per heavy atom. The second-order valence-electron chi connectivity index (χ2n) is 4.14. The maximum atomic E-state index is 13.9. The summed E-state index contributed by atoms with van der Waals surface area (Å²) in [6, 6.07) is 7.27. The Labute approximate surface area is 110 Å². The fraction of sp³-hybridized carbons (Fsp3) is 0.308. The minimum absolute atomic E-state index is 0.188. The van der Waals surface area contributed by atoms with Gasteiger partial charge >= 0.3 is 0 Å². The Kier molecular flexibility index (Phi) is 4.04. The molecule has 1 N–H and O–H groups in total. The van der Waals surface area contributed by atoms with Crippen LogP contribution < -0.4 is 5.32 Å². The number of benzene rings is 1. The molecule has 0 radical (unpaired) electrons. The van der Waals surface area contributed by atoms with E-state index in [-0.39, 0.29) is 5.82 Å². The number of rotatable bonds is 4. The lowest BCUT2D eigenvalue weighted by Crippen LogP contribution is -2.05. The maximum absolute atomic E-state index is 13.9. The van der Waals surface area contributed by atoms with Crippen LogP contribution in [0.25, 0.3) is 0 Å². The van der Waals surface area contributed by atoms with E-state index in [1.807, 2.05) is 39.2 Å². The highest BCUT2D eigenvalue weighted by molar-refractivity contribution is 7.99. The normalized spacial score (nSPS) is 10.9. The Hall–Kier alpha value is -1.33. The molecule has 0 amide bonds. The zero-order valence-electron chi connectivity index (χ0n) is 10.7. The predicted octanol–water partition coefficient (Wildman–Crippen LogP) is 2.74. The standard InChI is InChI=1S/C13H16FN3S/c1-9-6-13(17(3)16-9)18-12-5-4-10(8-15-2)7-11(12)14/h4-7,15H,8H2,1-3H3. The molecule has 2 rings (SSSR count). The van der Waals surface area contributed by atoms with E-state index in [1.165, 1.54) is 11.8 Å². The number of hydrogen-bond donors (Lipinski definition) is 1. The van der Waals surface area contributed by atoms with Crippen molar-refractivity contribution < 1.29 is 4.39 Å². The Balaban J connectivity index is 2.21. The SMILES string of the molecule is CNCc1ccc(Sc2cc(C)nn2C)c(F)c1. The number of halogens is 1. The van der Waals surface area contributed by atoms with Crippen molar-refractivity contribution >= 4 is 11.8 Å². The number of nitrogens with one attached hydrogen (secondary N) is 1. The van der Waals surface area contributed by atoms with Crippen LogP contribution >= 0.6 is 11.8 Å². The van der Waals surface area contributed by atoms with E-state index in [9.17, 15) is 4.39 Å². The first-order valence-electron chi connectivity index (χ1n) is 5.71. The minimum Gasteiger partial charge on any atom is -0.316 e. The third-order valence-corrected chi connectivity index (χ3v) is 3.69. The lowest BCUT2D eigenvalue weighted by Gasteiger charge is -2.06. The fourth-order valence-electron chi connectivity index (χ4n) is 1.74. The maximum Gasteiger partial charge on any atom is 0.137 e. The van der Waals surface area contributed by atoms with Gasteiger partial charge in [-0.1, -0.05) is 17.8 Å². The van der Waals surface area contributed by atoms with Gasteiger partial charge in [-0.05, 0) is 37.7 Å². The van der Waals surface area contributed by atoms with Gasteiger partial charge in [-0.25, -0.2) is 4.39 Å². The van der Waals surface area contributed by atoms with Crippen molar-refractivity contribution in [3.05, 3.63) is 41.3 Å². The Morgan fingerprint density at radius 3 is 2.72 bits per heavy atom. The average molecular weight is 265 g/mol. The molecule has 5 heteroatoms. The zero-order chi connectivity index (χ0) is 13.1. The van der Waals surface area contributed by atoms with Crippen molar-refractivity contribution in [2.45, 2.75) is 23.4 Å². The van der Waals surface area contributed by atoms with Gasteiger partial charge in [0.15, 0.2) is 0 Å². The van der Waals surface area contributed by atoms with Gasteiger partial charge in [-0.3, -0.25) is 4.68 Å². The lowest BCUT2D eigenvalue weighted by atomic mass is 10.2. The predicted molar refractivity (Wildman–Crippen MR) is 71.2 cm³/mol. The van der Waals surface area contributed by atoms with Crippen molar-refractivity contribution in [2.75, 3.05) is 7.05 Å². The molecule has 0 spiro atoms. The van der Waals surface area contributed by atoms with Crippen LogP contribution in [0.3, 0.4) is 0 Å². The third-order valence-electron chi connectivity index (χ3n) is 2.55. The molecule has 0 fully saturated rings. The molecular formula is C13H16FN3S. The first-order valence-corrected chi connectivity index (χ1v) is 6.53. The van der Waals surface area contributed by atoms with Crippen LogP contribution in [-0.4, -0.2) is 16.8 Å². The molecule has 0 saturated carbocycles. The molecule has 0 saturated heterocycles. The molecule has 1 heterocycles. The molecule has 0 aliphatic heterocycles. The monoisotopic (exact) mass is 265 g/mol. The highest BCUT2D eigenvalue weighted by atomic mass is 32.2. The number of aromatic nitrogens is 2. The average Bonchev–Trinajstić information content (AvgIpc) is 2.62. The van der Waals surface area contributed by atoms with E-state index in [1.54, 1.807) is 10.7 Å². The summed E-state index contributed by atoms with van der Waals surface area (Å²) in [5.41, 5.74) is 1.88. The molecule has 0 unspecified atom stereocenters. The summed E-state index contributed by atoms with van der Waals surface area (Å²) in [5.74, 6) is -0.188. The molecular weight excluding hydrogens is 249 g/mol. The van der Waals surface area contributed by atoms with E-state index < -0.39 is 0 Å². The zero-order valence-corrected chi connectivity index (χ0v) is 11.5. The molecule has 0 atom stereocenters. The molecule has 0 aliphatic carbocycles. The molecule has 1 aromatic heterocycles. The Bertz CT molecular complexity index is 551. The van der Waals surface area contributed by atoms with Crippen LogP contribution in [0.1, 0.15) is 11.3 Å². The molecule has 3 nitrogen and oxygen atoms in total. The summed E-state index contributed by atoms with van der Waals surface area (Å²) in [5, 5.41) is 8.19. The first kappa shape index (κ1) is 13.1. The van der Waals surface area contributed by atoms with Crippen molar-refractivity contribution in [3.8, 4) is 0 Å². The molecule has 0 aliphatic rings. The number of hydrogen-bond acceptors (Lipinski definition) is 3. The molecule has 96 valence electrons. The van der Waals surface area contributed by atoms with Crippen molar-refractivity contribution in [1.82, 2.24) is 15.1 Å².